The summed E-state index contributed by atoms with van der Waals surface area (Å²) in [5, 5.41) is -0.108. The van der Waals surface area contributed by atoms with E-state index in [0.717, 1.165) is 16.7 Å². The Balaban J connectivity index is 1.51. The van der Waals surface area contributed by atoms with Crippen molar-refractivity contribution in [3.05, 3.63) is 61.0 Å². The van der Waals surface area contributed by atoms with E-state index in [0.29, 0.717) is 40.5 Å². The SMILES string of the molecule is COc1cc(/C=C2\SC(=O)N(CC(=O)N3CCOCC3)C2=O)cc(I)c1OC(=O)c1cccc(Cl)c1. The number of thioether (sulfide) groups is 1. The summed E-state index contributed by atoms with van der Waals surface area (Å²) in [7, 11) is 1.43. The number of halogens is 2. The third kappa shape index (κ3) is 6.02. The van der Waals surface area contributed by atoms with E-state index in [2.05, 4.69) is 0 Å². The fourth-order valence-electron chi connectivity index (χ4n) is 3.52. The Morgan fingerprint density at radius 1 is 1.19 bits per heavy atom. The quantitative estimate of drug-likeness (QED) is 0.201. The molecule has 0 atom stereocenters. The van der Waals surface area contributed by atoms with E-state index in [-0.39, 0.29) is 34.4 Å². The van der Waals surface area contributed by atoms with Gasteiger partial charge in [0.25, 0.3) is 11.1 Å². The van der Waals surface area contributed by atoms with Crippen LogP contribution in [0.5, 0.6) is 11.5 Å². The molecule has 0 aliphatic carbocycles. The molecule has 9 nitrogen and oxygen atoms in total. The van der Waals surface area contributed by atoms with E-state index in [1.165, 1.54) is 19.3 Å². The highest BCUT2D eigenvalue weighted by atomic mass is 127. The van der Waals surface area contributed by atoms with Crippen LogP contribution in [0.3, 0.4) is 0 Å². The number of amides is 3. The Bertz CT molecular complexity index is 1260. The number of imide groups is 1. The minimum Gasteiger partial charge on any atom is -0.493 e. The lowest BCUT2D eigenvalue weighted by atomic mass is 10.1. The fourth-order valence-corrected chi connectivity index (χ4v) is 5.29. The number of carbonyl (C=O) groups is 4. The first-order chi connectivity index (χ1) is 17.3. The molecule has 0 unspecified atom stereocenters. The number of hydrogen-bond acceptors (Lipinski definition) is 8. The minimum atomic E-state index is -0.604. The van der Waals surface area contributed by atoms with Crippen molar-refractivity contribution in [3.8, 4) is 11.5 Å². The molecule has 12 heteroatoms. The van der Waals surface area contributed by atoms with Gasteiger partial charge >= 0.3 is 5.97 Å². The van der Waals surface area contributed by atoms with E-state index in [1.54, 1.807) is 35.2 Å². The summed E-state index contributed by atoms with van der Waals surface area (Å²) < 4.78 is 16.8. The average molecular weight is 643 g/mol. The van der Waals surface area contributed by atoms with Crippen LogP contribution in [-0.4, -0.2) is 72.8 Å². The normalized spacial score (nSPS) is 17.0. The first-order valence-corrected chi connectivity index (χ1v) is 13.0. The maximum Gasteiger partial charge on any atom is 0.343 e. The molecule has 2 fully saturated rings. The molecule has 2 aliphatic rings. The summed E-state index contributed by atoms with van der Waals surface area (Å²) in [6.45, 7) is 1.40. The van der Waals surface area contributed by atoms with Crippen LogP contribution in [0.15, 0.2) is 41.3 Å². The maximum absolute atomic E-state index is 12.9. The van der Waals surface area contributed by atoms with Crippen LogP contribution in [0.1, 0.15) is 15.9 Å². The van der Waals surface area contributed by atoms with Crippen LogP contribution in [0.4, 0.5) is 4.79 Å². The second kappa shape index (κ2) is 11.6. The highest BCUT2D eigenvalue weighted by Crippen LogP contribution is 2.37. The number of rotatable bonds is 6. The Labute approximate surface area is 229 Å². The van der Waals surface area contributed by atoms with Gasteiger partial charge in [-0.1, -0.05) is 17.7 Å². The van der Waals surface area contributed by atoms with E-state index in [9.17, 15) is 19.2 Å². The van der Waals surface area contributed by atoms with Gasteiger partial charge in [0.2, 0.25) is 5.91 Å². The second-order valence-corrected chi connectivity index (χ2v) is 10.3. The zero-order chi connectivity index (χ0) is 25.8. The van der Waals surface area contributed by atoms with Crippen LogP contribution in [-0.2, 0) is 14.3 Å². The highest BCUT2D eigenvalue weighted by Gasteiger charge is 2.37. The molecule has 2 saturated heterocycles. The van der Waals surface area contributed by atoms with Gasteiger partial charge in [-0.3, -0.25) is 19.3 Å². The molecule has 0 spiro atoms. The van der Waals surface area contributed by atoms with Gasteiger partial charge in [-0.2, -0.15) is 0 Å². The number of carbonyl (C=O) groups excluding carboxylic acids is 4. The molecule has 2 aromatic carbocycles. The zero-order valence-corrected chi connectivity index (χ0v) is 22.7. The van der Waals surface area contributed by atoms with Gasteiger partial charge in [0.15, 0.2) is 11.5 Å². The van der Waals surface area contributed by atoms with Gasteiger partial charge in [0.05, 0.1) is 34.4 Å². The average Bonchev–Trinajstić information content (AvgIpc) is 3.13. The first-order valence-electron chi connectivity index (χ1n) is 10.7. The lowest BCUT2D eigenvalue weighted by molar-refractivity contribution is -0.139. The fraction of sp³-hybridized carbons (Fsp3) is 0.250. The highest BCUT2D eigenvalue weighted by molar-refractivity contribution is 14.1. The smallest absolute Gasteiger partial charge is 0.343 e. The third-order valence-electron chi connectivity index (χ3n) is 5.34. The zero-order valence-electron chi connectivity index (χ0n) is 19.0. The number of nitrogens with zero attached hydrogens (tertiary/aromatic N) is 2. The van der Waals surface area contributed by atoms with Crippen LogP contribution < -0.4 is 9.47 Å². The summed E-state index contributed by atoms with van der Waals surface area (Å²) in [5.41, 5.74) is 0.841. The molecule has 2 aliphatic heterocycles. The summed E-state index contributed by atoms with van der Waals surface area (Å²) in [6, 6.07) is 9.66. The summed E-state index contributed by atoms with van der Waals surface area (Å²) >= 11 is 8.71. The molecular formula is C24H20ClIN2O7S. The van der Waals surface area contributed by atoms with Crippen molar-refractivity contribution < 1.29 is 33.4 Å². The molecule has 4 rings (SSSR count). The lowest BCUT2D eigenvalue weighted by Gasteiger charge is -2.28. The topological polar surface area (TPSA) is 102 Å². The number of methoxy groups -OCH3 is 1. The van der Waals surface area contributed by atoms with Crippen molar-refractivity contribution in [1.82, 2.24) is 9.80 Å². The van der Waals surface area contributed by atoms with Crippen LogP contribution in [0.2, 0.25) is 5.02 Å². The van der Waals surface area contributed by atoms with Crippen molar-refractivity contribution in [2.75, 3.05) is 40.0 Å². The number of esters is 1. The van der Waals surface area contributed by atoms with Gasteiger partial charge in [-0.05, 0) is 76.3 Å². The van der Waals surface area contributed by atoms with Crippen LogP contribution in [0.25, 0.3) is 6.08 Å². The van der Waals surface area contributed by atoms with Gasteiger partial charge in [-0.15, -0.1) is 0 Å². The molecule has 0 bridgehead atoms. The van der Waals surface area contributed by atoms with E-state index in [1.807, 2.05) is 22.6 Å². The third-order valence-corrected chi connectivity index (χ3v) is 7.28. The lowest BCUT2D eigenvalue weighted by Crippen LogP contribution is -2.46. The van der Waals surface area contributed by atoms with Crippen molar-refractivity contribution in [2.45, 2.75) is 0 Å². The monoisotopic (exact) mass is 642 g/mol. The molecule has 2 aromatic rings. The molecular weight excluding hydrogens is 623 g/mol. The summed E-state index contributed by atoms with van der Waals surface area (Å²) in [6.07, 6.45) is 1.54. The number of hydrogen-bond donors (Lipinski definition) is 0. The predicted octanol–water partition coefficient (Wildman–Crippen LogP) is 4.07. The molecule has 188 valence electrons. The van der Waals surface area contributed by atoms with Gasteiger partial charge in [0.1, 0.15) is 6.54 Å². The van der Waals surface area contributed by atoms with Gasteiger partial charge in [-0.25, -0.2) is 4.79 Å². The molecule has 0 N–H and O–H groups in total. The molecule has 0 aromatic heterocycles. The summed E-state index contributed by atoms with van der Waals surface area (Å²) in [5.74, 6) is -0.969. The Hall–Kier alpha value is -2.61. The Morgan fingerprint density at radius 2 is 1.94 bits per heavy atom. The van der Waals surface area contributed by atoms with Crippen molar-refractivity contribution >= 4 is 75.1 Å². The Morgan fingerprint density at radius 3 is 2.64 bits per heavy atom. The number of ether oxygens (including phenoxy) is 3. The molecule has 2 heterocycles. The minimum absolute atomic E-state index is 0.177. The van der Waals surface area contributed by atoms with Crippen molar-refractivity contribution in [2.24, 2.45) is 0 Å². The van der Waals surface area contributed by atoms with Gasteiger partial charge in [0, 0.05) is 18.1 Å². The van der Waals surface area contributed by atoms with Crippen LogP contribution in [0, 0.1) is 3.57 Å². The molecule has 0 saturated carbocycles. The second-order valence-electron chi connectivity index (χ2n) is 7.69. The van der Waals surface area contributed by atoms with E-state index >= 15 is 0 Å². The maximum atomic E-state index is 12.9. The molecule has 3 amide bonds. The number of morpholine rings is 1. The number of benzene rings is 2. The van der Waals surface area contributed by atoms with Crippen molar-refractivity contribution in [1.29, 1.82) is 0 Å². The Kier molecular flexibility index (Phi) is 8.54. The standard InChI is InChI=1S/C24H20ClIN2O7S/c1-33-18-10-14(9-17(26)21(18)35-23(31)15-3-2-4-16(25)12-15)11-19-22(30)28(24(32)36-19)13-20(29)27-5-7-34-8-6-27/h2-4,9-12H,5-8,13H2,1H3/b19-11-. The first kappa shape index (κ1) is 26.5. The molecule has 0 radical (unpaired) electrons. The van der Waals surface area contributed by atoms with E-state index in [4.69, 9.17) is 25.8 Å². The van der Waals surface area contributed by atoms with E-state index < -0.39 is 17.1 Å². The summed E-state index contributed by atoms with van der Waals surface area (Å²) in [4.78, 5) is 53.1. The van der Waals surface area contributed by atoms with Crippen LogP contribution >= 0.6 is 46.0 Å². The predicted molar refractivity (Wildman–Crippen MR) is 142 cm³/mol. The van der Waals surface area contributed by atoms with Crippen molar-refractivity contribution in [3.63, 3.8) is 0 Å². The molecule has 36 heavy (non-hydrogen) atoms. The van der Waals surface area contributed by atoms with Gasteiger partial charge < -0.3 is 19.1 Å². The largest absolute Gasteiger partial charge is 0.493 e.